The van der Waals surface area contributed by atoms with E-state index in [0.29, 0.717) is 56.2 Å². The van der Waals surface area contributed by atoms with E-state index in [-0.39, 0.29) is 28.4 Å². The molecule has 2 saturated heterocycles. The number of anilines is 1. The first-order chi connectivity index (χ1) is 21.1. The van der Waals surface area contributed by atoms with Crippen molar-refractivity contribution in [2.45, 2.75) is 45.3 Å². The maximum absolute atomic E-state index is 16.0. The van der Waals surface area contributed by atoms with Gasteiger partial charge in [-0.2, -0.15) is 0 Å². The second kappa shape index (κ2) is 12.1. The van der Waals surface area contributed by atoms with Crippen LogP contribution in [0.15, 0.2) is 41.3 Å². The first-order valence-electron chi connectivity index (χ1n) is 15.1. The fourth-order valence-electron chi connectivity index (χ4n) is 5.99. The molecule has 4 heterocycles. The number of para-hydroxylation sites is 2. The van der Waals surface area contributed by atoms with Gasteiger partial charge < -0.3 is 34.3 Å². The van der Waals surface area contributed by atoms with Gasteiger partial charge in [-0.1, -0.05) is 12.1 Å². The van der Waals surface area contributed by atoms with Crippen LogP contribution >= 0.6 is 0 Å². The minimum atomic E-state index is -0.642. The average Bonchev–Trinajstić information content (AvgIpc) is 3.43. The van der Waals surface area contributed by atoms with Crippen molar-refractivity contribution in [1.29, 1.82) is 0 Å². The van der Waals surface area contributed by atoms with E-state index >= 15 is 4.39 Å². The Kier molecular flexibility index (Phi) is 8.21. The van der Waals surface area contributed by atoms with E-state index in [9.17, 15) is 14.4 Å². The van der Waals surface area contributed by atoms with Crippen LogP contribution in [0, 0.1) is 5.82 Å². The normalized spacial score (nSPS) is 18.1. The summed E-state index contributed by atoms with van der Waals surface area (Å²) in [7, 11) is 0. The van der Waals surface area contributed by atoms with Crippen LogP contribution in [-0.4, -0.2) is 85.6 Å². The highest BCUT2D eigenvalue weighted by Crippen LogP contribution is 2.47. The minimum Gasteiger partial charge on any atom is -0.451 e. The van der Waals surface area contributed by atoms with Crippen LogP contribution in [0.1, 0.15) is 44.0 Å². The monoisotopic (exact) mass is 607 g/mol. The van der Waals surface area contributed by atoms with Gasteiger partial charge in [-0.05, 0) is 58.4 Å². The molecule has 6 rings (SSSR count). The zero-order chi connectivity index (χ0) is 31.0. The molecule has 0 saturated carbocycles. The van der Waals surface area contributed by atoms with Crippen molar-refractivity contribution in [3.8, 4) is 17.2 Å². The van der Waals surface area contributed by atoms with Gasteiger partial charge >= 0.3 is 6.09 Å². The van der Waals surface area contributed by atoms with E-state index in [1.165, 1.54) is 12.3 Å². The van der Waals surface area contributed by atoms with Gasteiger partial charge in [-0.3, -0.25) is 14.5 Å². The summed E-state index contributed by atoms with van der Waals surface area (Å²) in [5.41, 5.74) is -0.0501. The molecule has 1 unspecified atom stereocenters. The smallest absolute Gasteiger partial charge is 0.407 e. The van der Waals surface area contributed by atoms with Crippen molar-refractivity contribution in [2.24, 2.45) is 0 Å². The number of benzene rings is 2. The molecule has 1 aromatic heterocycles. The second-order valence-corrected chi connectivity index (χ2v) is 12.4. The van der Waals surface area contributed by atoms with E-state index in [1.807, 2.05) is 17.0 Å². The van der Waals surface area contributed by atoms with Crippen LogP contribution in [0.4, 0.5) is 14.9 Å². The first kappa shape index (κ1) is 29.9. The van der Waals surface area contributed by atoms with Crippen molar-refractivity contribution < 1.29 is 28.2 Å². The standard InChI is InChI=1S/C32H38FN5O6/c1-32(2,3)44-31(41)35-20-9-12-37(18-20)27-23(33)17-21-26-29(27)43-25-8-5-4-7-24(25)38(26)19-22(28(21)39)30(40)34-10-6-11-36-13-15-42-16-14-36/h4-5,7-8,17,19-20H,6,9-16,18H2,1-3H3,(H,34,40)(H,35,41). The lowest BCUT2D eigenvalue weighted by atomic mass is 10.1. The summed E-state index contributed by atoms with van der Waals surface area (Å²) in [6.07, 6.45) is 2.29. The molecule has 1 atom stereocenters. The number of fused-ring (bicyclic) bond motifs is 2. The minimum absolute atomic E-state index is 0.0550. The quantitative estimate of drug-likeness (QED) is 0.305. The lowest BCUT2D eigenvalue weighted by Gasteiger charge is -2.29. The number of amides is 2. The highest BCUT2D eigenvalue weighted by atomic mass is 19.1. The van der Waals surface area contributed by atoms with E-state index in [0.717, 1.165) is 26.1 Å². The molecule has 11 nitrogen and oxygen atoms in total. The molecule has 0 bridgehead atoms. The molecule has 0 spiro atoms. The van der Waals surface area contributed by atoms with Crippen molar-refractivity contribution in [2.75, 3.05) is 57.4 Å². The molecule has 0 aliphatic carbocycles. The lowest BCUT2D eigenvalue weighted by Crippen LogP contribution is -2.40. The molecule has 234 valence electrons. The van der Waals surface area contributed by atoms with Crippen LogP contribution in [0.2, 0.25) is 0 Å². The number of halogens is 1. The van der Waals surface area contributed by atoms with Gasteiger partial charge in [-0.15, -0.1) is 0 Å². The van der Waals surface area contributed by atoms with Crippen molar-refractivity contribution in [3.63, 3.8) is 0 Å². The number of alkyl carbamates (subject to hydrolysis) is 1. The Morgan fingerprint density at radius 3 is 2.68 bits per heavy atom. The predicted octanol–water partition coefficient (Wildman–Crippen LogP) is 3.79. The molecule has 0 radical (unpaired) electrons. The van der Waals surface area contributed by atoms with Crippen LogP contribution in [0.25, 0.3) is 16.6 Å². The Bertz CT molecular complexity index is 1640. The fourth-order valence-corrected chi connectivity index (χ4v) is 5.99. The van der Waals surface area contributed by atoms with E-state index < -0.39 is 28.8 Å². The third-order valence-corrected chi connectivity index (χ3v) is 8.02. The van der Waals surface area contributed by atoms with Crippen LogP contribution in [0.5, 0.6) is 11.5 Å². The Morgan fingerprint density at radius 2 is 1.91 bits per heavy atom. The van der Waals surface area contributed by atoms with E-state index in [4.69, 9.17) is 14.2 Å². The Hall–Kier alpha value is -4.16. The zero-order valence-corrected chi connectivity index (χ0v) is 25.3. The average molecular weight is 608 g/mol. The Balaban J connectivity index is 1.30. The second-order valence-electron chi connectivity index (χ2n) is 12.4. The third-order valence-electron chi connectivity index (χ3n) is 8.02. The van der Waals surface area contributed by atoms with E-state index in [2.05, 4.69) is 15.5 Å². The van der Waals surface area contributed by atoms with Crippen molar-refractivity contribution >= 4 is 28.6 Å². The molecule has 3 aliphatic heterocycles. The molecule has 12 heteroatoms. The van der Waals surface area contributed by atoms with Crippen molar-refractivity contribution in [3.05, 3.63) is 58.1 Å². The largest absolute Gasteiger partial charge is 0.451 e. The maximum Gasteiger partial charge on any atom is 0.407 e. The lowest BCUT2D eigenvalue weighted by molar-refractivity contribution is 0.0374. The molecule has 44 heavy (non-hydrogen) atoms. The number of nitrogens with one attached hydrogen (secondary N) is 2. The number of pyridine rings is 1. The van der Waals surface area contributed by atoms with Gasteiger partial charge in [0, 0.05) is 38.9 Å². The van der Waals surface area contributed by atoms with Gasteiger partial charge in [0.15, 0.2) is 17.3 Å². The third kappa shape index (κ3) is 6.09. The summed E-state index contributed by atoms with van der Waals surface area (Å²) in [5.74, 6) is -0.479. The SMILES string of the molecule is CC(C)(C)OC(=O)NC1CCN(c2c(F)cc3c(=O)c(C(=O)NCCCN4CCOCC4)cn4c3c2Oc2ccccc2-4)C1. The molecule has 2 fully saturated rings. The number of carbonyl (C=O) groups is 2. The number of aromatic nitrogens is 1. The van der Waals surface area contributed by atoms with E-state index in [1.54, 1.807) is 37.5 Å². The van der Waals surface area contributed by atoms with Gasteiger partial charge in [0.05, 0.1) is 30.3 Å². The number of carbonyl (C=O) groups excluding carboxylic acids is 2. The predicted molar refractivity (Wildman–Crippen MR) is 164 cm³/mol. The van der Waals surface area contributed by atoms with Gasteiger partial charge in [0.1, 0.15) is 22.4 Å². The number of rotatable bonds is 7. The van der Waals surface area contributed by atoms with Gasteiger partial charge in [0.25, 0.3) is 5.91 Å². The zero-order valence-electron chi connectivity index (χ0n) is 25.3. The number of ether oxygens (including phenoxy) is 3. The number of nitrogens with zero attached hydrogens (tertiary/aromatic N) is 3. The van der Waals surface area contributed by atoms with Gasteiger partial charge in [-0.25, -0.2) is 9.18 Å². The Morgan fingerprint density at radius 1 is 1.14 bits per heavy atom. The Labute approximate surface area is 254 Å². The summed E-state index contributed by atoms with van der Waals surface area (Å²) in [4.78, 5) is 43.4. The summed E-state index contributed by atoms with van der Waals surface area (Å²) in [6, 6.07) is 8.15. The molecule has 2 aromatic carbocycles. The number of hydrogen-bond acceptors (Lipinski definition) is 8. The van der Waals surface area contributed by atoms with Crippen LogP contribution < -0.4 is 25.7 Å². The summed E-state index contributed by atoms with van der Waals surface area (Å²) in [5, 5.41) is 5.79. The summed E-state index contributed by atoms with van der Waals surface area (Å²) >= 11 is 0. The maximum atomic E-state index is 16.0. The number of hydrogen-bond donors (Lipinski definition) is 2. The van der Waals surface area contributed by atoms with Gasteiger partial charge in [0.2, 0.25) is 5.43 Å². The first-order valence-corrected chi connectivity index (χ1v) is 15.1. The van der Waals surface area contributed by atoms with Crippen molar-refractivity contribution in [1.82, 2.24) is 20.1 Å². The molecule has 2 amide bonds. The molecular weight excluding hydrogens is 569 g/mol. The van der Waals surface area contributed by atoms with Crippen LogP contribution in [-0.2, 0) is 9.47 Å². The molecule has 2 N–H and O–H groups in total. The van der Waals surface area contributed by atoms with Crippen LogP contribution in [0.3, 0.4) is 0 Å². The molecular formula is C32H38FN5O6. The molecule has 3 aliphatic rings. The highest BCUT2D eigenvalue weighted by molar-refractivity contribution is 6.01. The molecule has 3 aromatic rings. The number of morpholine rings is 1. The fraction of sp³-hybridized carbons (Fsp3) is 0.469. The highest BCUT2D eigenvalue weighted by Gasteiger charge is 2.34. The summed E-state index contributed by atoms with van der Waals surface area (Å²) < 4.78 is 34.8. The topological polar surface area (TPSA) is 114 Å². The summed E-state index contributed by atoms with van der Waals surface area (Å²) in [6.45, 7) is 10.5.